The van der Waals surface area contributed by atoms with Gasteiger partial charge < -0.3 is 4.90 Å². The molecule has 1 aromatic heterocycles. The van der Waals surface area contributed by atoms with E-state index in [4.69, 9.17) is 11.6 Å². The van der Waals surface area contributed by atoms with Crippen LogP contribution in [0.4, 0.5) is 14.6 Å². The van der Waals surface area contributed by atoms with Crippen LogP contribution in [-0.2, 0) is 0 Å². The molecule has 0 aliphatic carbocycles. The molecular weight excluding hydrogens is 222 g/mol. The Kier molecular flexibility index (Phi) is 2.78. The maximum atomic E-state index is 12.9. The molecule has 2 nitrogen and oxygen atoms in total. The number of nitrogens with zero attached hydrogens (tertiary/aromatic N) is 2. The van der Waals surface area contributed by atoms with Crippen LogP contribution in [0.3, 0.4) is 0 Å². The third-order valence-electron chi connectivity index (χ3n) is 2.47. The van der Waals surface area contributed by atoms with Crippen LogP contribution >= 0.6 is 11.6 Å². The van der Waals surface area contributed by atoms with E-state index in [-0.39, 0.29) is 18.0 Å². The van der Waals surface area contributed by atoms with E-state index in [1.165, 1.54) is 0 Å². The van der Waals surface area contributed by atoms with Crippen molar-refractivity contribution in [3.8, 4) is 0 Å². The van der Waals surface area contributed by atoms with Crippen LogP contribution in [0.25, 0.3) is 0 Å². The maximum Gasteiger partial charge on any atom is 0.251 e. The second kappa shape index (κ2) is 3.93. The van der Waals surface area contributed by atoms with Crippen LogP contribution < -0.4 is 4.90 Å². The number of piperidine rings is 1. The van der Waals surface area contributed by atoms with Gasteiger partial charge in [-0.1, -0.05) is 11.6 Å². The molecule has 0 aromatic carbocycles. The van der Waals surface area contributed by atoms with Crippen molar-refractivity contribution in [1.82, 2.24) is 4.98 Å². The maximum absolute atomic E-state index is 12.9. The van der Waals surface area contributed by atoms with Crippen molar-refractivity contribution in [2.24, 2.45) is 0 Å². The molecule has 5 heteroatoms. The van der Waals surface area contributed by atoms with Crippen molar-refractivity contribution in [2.45, 2.75) is 18.8 Å². The molecule has 0 atom stereocenters. The summed E-state index contributed by atoms with van der Waals surface area (Å²) in [6.45, 7) is 0.640. The Morgan fingerprint density at radius 2 is 2.07 bits per heavy atom. The highest BCUT2D eigenvalue weighted by Gasteiger charge is 2.34. The van der Waals surface area contributed by atoms with E-state index in [0.29, 0.717) is 18.9 Å². The monoisotopic (exact) mass is 231 g/mol. The summed E-state index contributed by atoms with van der Waals surface area (Å²) >= 11 is 5.68. The molecule has 0 saturated carbocycles. The number of rotatable bonds is 1. The van der Waals surface area contributed by atoms with Crippen LogP contribution in [0, 0.1) is 6.07 Å². The number of anilines is 1. The second-order valence-electron chi connectivity index (χ2n) is 3.58. The lowest BCUT2D eigenvalue weighted by molar-refractivity contribution is -0.0221. The first-order chi connectivity index (χ1) is 7.07. The predicted molar refractivity (Wildman–Crippen MR) is 54.5 cm³/mol. The molecule has 2 rings (SSSR count). The van der Waals surface area contributed by atoms with Gasteiger partial charge in [-0.05, 0) is 12.1 Å². The van der Waals surface area contributed by atoms with Gasteiger partial charge in [0, 0.05) is 32.0 Å². The lowest BCUT2D eigenvalue weighted by atomic mass is 10.1. The molecular formula is C10H10ClF2N2. The molecule has 1 saturated heterocycles. The van der Waals surface area contributed by atoms with Crippen LogP contribution in [0.15, 0.2) is 12.1 Å². The van der Waals surface area contributed by atoms with E-state index < -0.39 is 5.92 Å². The summed E-state index contributed by atoms with van der Waals surface area (Å²) < 4.78 is 25.8. The van der Waals surface area contributed by atoms with Crippen LogP contribution in [-0.4, -0.2) is 24.0 Å². The summed E-state index contributed by atoms with van der Waals surface area (Å²) in [6, 6.07) is 6.09. The topological polar surface area (TPSA) is 16.1 Å². The molecule has 2 heterocycles. The largest absolute Gasteiger partial charge is 0.356 e. The van der Waals surface area contributed by atoms with Gasteiger partial charge in [-0.15, -0.1) is 0 Å². The molecule has 0 unspecified atom stereocenters. The minimum absolute atomic E-state index is 0.120. The van der Waals surface area contributed by atoms with Crippen LogP contribution in [0.2, 0.25) is 5.15 Å². The van der Waals surface area contributed by atoms with Gasteiger partial charge in [0.1, 0.15) is 11.0 Å². The normalized spacial score (nSPS) is 20.3. The summed E-state index contributed by atoms with van der Waals surface area (Å²) in [6.07, 6.45) is -0.240. The highest BCUT2D eigenvalue weighted by Crippen LogP contribution is 2.29. The van der Waals surface area contributed by atoms with E-state index in [1.54, 1.807) is 12.1 Å². The average molecular weight is 232 g/mol. The quantitative estimate of drug-likeness (QED) is 0.691. The minimum atomic E-state index is -2.53. The van der Waals surface area contributed by atoms with E-state index in [9.17, 15) is 8.78 Å². The highest BCUT2D eigenvalue weighted by atomic mass is 35.5. The Balaban J connectivity index is 2.08. The number of aromatic nitrogens is 1. The second-order valence-corrected chi connectivity index (χ2v) is 3.94. The summed E-state index contributed by atoms with van der Waals surface area (Å²) in [5.41, 5.74) is 0. The fourth-order valence-electron chi connectivity index (χ4n) is 1.59. The first-order valence-electron chi connectivity index (χ1n) is 4.74. The van der Waals surface area contributed by atoms with E-state index >= 15 is 0 Å². The molecule has 1 fully saturated rings. The fraction of sp³-hybridized carbons (Fsp3) is 0.500. The number of hydrogen-bond acceptors (Lipinski definition) is 2. The van der Waals surface area contributed by atoms with E-state index in [1.807, 2.05) is 4.90 Å². The predicted octanol–water partition coefficient (Wildman–Crippen LogP) is 2.77. The Morgan fingerprint density at radius 3 is 2.67 bits per heavy atom. The lowest BCUT2D eigenvalue weighted by Gasteiger charge is -2.32. The molecule has 0 N–H and O–H groups in total. The van der Waals surface area contributed by atoms with Crippen LogP contribution in [0.1, 0.15) is 12.8 Å². The highest BCUT2D eigenvalue weighted by molar-refractivity contribution is 6.29. The zero-order chi connectivity index (χ0) is 10.9. The number of alkyl halides is 2. The molecule has 0 amide bonds. The molecule has 1 aliphatic heterocycles. The fourth-order valence-corrected chi connectivity index (χ4v) is 1.74. The Bertz CT molecular complexity index is 347. The summed E-state index contributed by atoms with van der Waals surface area (Å²) in [7, 11) is 0. The van der Waals surface area contributed by atoms with Gasteiger partial charge in [0.15, 0.2) is 0 Å². The molecule has 1 aromatic rings. The van der Waals surface area contributed by atoms with Gasteiger partial charge in [-0.2, -0.15) is 0 Å². The molecule has 0 spiro atoms. The smallest absolute Gasteiger partial charge is 0.251 e. The van der Waals surface area contributed by atoms with Gasteiger partial charge >= 0.3 is 0 Å². The Morgan fingerprint density at radius 1 is 1.40 bits per heavy atom. The molecule has 15 heavy (non-hydrogen) atoms. The first-order valence-corrected chi connectivity index (χ1v) is 5.12. The van der Waals surface area contributed by atoms with Crippen LogP contribution in [0.5, 0.6) is 0 Å². The van der Waals surface area contributed by atoms with Crippen molar-refractivity contribution in [1.29, 1.82) is 0 Å². The number of pyridine rings is 1. The number of halogens is 3. The molecule has 81 valence electrons. The average Bonchev–Trinajstić information content (AvgIpc) is 2.17. The summed E-state index contributed by atoms with van der Waals surface area (Å²) in [5.74, 6) is -1.88. The van der Waals surface area contributed by atoms with E-state index in [2.05, 4.69) is 11.1 Å². The van der Waals surface area contributed by atoms with Crippen molar-refractivity contribution in [3.63, 3.8) is 0 Å². The molecule has 1 aliphatic rings. The lowest BCUT2D eigenvalue weighted by Crippen LogP contribution is -2.39. The van der Waals surface area contributed by atoms with Crippen molar-refractivity contribution in [2.75, 3.05) is 18.0 Å². The zero-order valence-corrected chi connectivity index (χ0v) is 8.77. The minimum Gasteiger partial charge on any atom is -0.356 e. The third kappa shape index (κ3) is 2.56. The molecule has 1 radical (unpaired) electrons. The SMILES string of the molecule is FC1(F)CCN(c2cc[c]c(Cl)n2)CC1. The van der Waals surface area contributed by atoms with E-state index in [0.717, 1.165) is 0 Å². The Hall–Kier alpha value is -0.900. The van der Waals surface area contributed by atoms with Crippen molar-refractivity contribution >= 4 is 17.4 Å². The summed E-state index contributed by atoms with van der Waals surface area (Å²) in [4.78, 5) is 5.85. The van der Waals surface area contributed by atoms with Crippen molar-refractivity contribution in [3.05, 3.63) is 23.4 Å². The first kappa shape index (κ1) is 10.6. The van der Waals surface area contributed by atoms with Gasteiger partial charge in [-0.25, -0.2) is 13.8 Å². The zero-order valence-electron chi connectivity index (χ0n) is 8.01. The summed E-state index contributed by atoms with van der Waals surface area (Å²) in [5, 5.41) is 0.268. The van der Waals surface area contributed by atoms with Gasteiger partial charge in [0.05, 0.1) is 0 Å². The van der Waals surface area contributed by atoms with Gasteiger partial charge in [0.25, 0.3) is 5.92 Å². The third-order valence-corrected chi connectivity index (χ3v) is 2.66. The molecule has 0 bridgehead atoms. The standard InChI is InChI=1S/C10H10ClF2N2/c11-8-2-1-3-9(14-8)15-6-4-10(12,13)5-7-15/h1,3H,4-7H2. The number of hydrogen-bond donors (Lipinski definition) is 0. The van der Waals surface area contributed by atoms with Crippen molar-refractivity contribution < 1.29 is 8.78 Å². The Labute approximate surface area is 91.9 Å². The van der Waals surface area contributed by atoms with Gasteiger partial charge in [-0.3, -0.25) is 0 Å². The van der Waals surface area contributed by atoms with Gasteiger partial charge in [0.2, 0.25) is 0 Å².